The second kappa shape index (κ2) is 6.62. The van der Waals surface area contributed by atoms with Crippen molar-refractivity contribution in [1.29, 1.82) is 0 Å². The average Bonchev–Trinajstić information content (AvgIpc) is 2.94. The van der Waals surface area contributed by atoms with Crippen LogP contribution in [0, 0.1) is 0 Å². The Labute approximate surface area is 128 Å². The molecule has 0 bridgehead atoms. The highest BCUT2D eigenvalue weighted by Crippen LogP contribution is 2.19. The van der Waals surface area contributed by atoms with E-state index in [1.54, 1.807) is 0 Å². The summed E-state index contributed by atoms with van der Waals surface area (Å²) in [5.74, 6) is -3.78. The summed E-state index contributed by atoms with van der Waals surface area (Å²) in [6.07, 6.45) is 0.944. The van der Waals surface area contributed by atoms with Crippen LogP contribution in [-0.2, 0) is 14.3 Å². The minimum atomic E-state index is -0.999. The fourth-order valence-corrected chi connectivity index (χ4v) is 1.47. The number of carbonyl (C=O) groups excluding carboxylic acids is 2. The Bertz CT molecular complexity index is 699. The third-order valence-corrected chi connectivity index (χ3v) is 2.38. The molecule has 2 rings (SSSR count). The quantitative estimate of drug-likeness (QED) is 0.509. The zero-order valence-electron chi connectivity index (χ0n) is 11.4. The predicted molar refractivity (Wildman–Crippen MR) is 69.5 cm³/mol. The SMILES string of the molecule is O=C(COCC(=O)On1c(O)ccc1O)On1cc(O)cc1O. The molecule has 0 saturated carbocycles. The molecule has 0 radical (unpaired) electrons. The molecular weight excluding hydrogens is 316 g/mol. The third kappa shape index (κ3) is 4.07. The predicted octanol–water partition coefficient (Wildman–Crippen LogP) is -1.26. The molecule has 0 spiro atoms. The molecule has 0 unspecified atom stereocenters. The Morgan fingerprint density at radius 2 is 1.48 bits per heavy atom. The summed E-state index contributed by atoms with van der Waals surface area (Å²) in [4.78, 5) is 31.9. The smallest absolute Gasteiger partial charge is 0.358 e. The van der Waals surface area contributed by atoms with Gasteiger partial charge in [0.1, 0.15) is 19.0 Å². The van der Waals surface area contributed by atoms with Gasteiger partial charge in [0.2, 0.25) is 17.6 Å². The van der Waals surface area contributed by atoms with Crippen molar-refractivity contribution >= 4 is 11.9 Å². The molecule has 0 aliphatic rings. The van der Waals surface area contributed by atoms with Crippen LogP contribution in [0.3, 0.4) is 0 Å². The largest absolute Gasteiger partial charge is 0.506 e. The summed E-state index contributed by atoms with van der Waals surface area (Å²) in [6, 6.07) is 3.14. The molecule has 124 valence electrons. The molecule has 11 nitrogen and oxygen atoms in total. The lowest BCUT2D eigenvalue weighted by Crippen LogP contribution is -2.28. The lowest BCUT2D eigenvalue weighted by atomic mass is 10.6. The van der Waals surface area contributed by atoms with Crippen molar-refractivity contribution in [1.82, 2.24) is 9.46 Å². The second-order valence-electron chi connectivity index (χ2n) is 4.15. The molecule has 0 aromatic carbocycles. The molecule has 11 heteroatoms. The number of hydrogen-bond donors (Lipinski definition) is 4. The summed E-state index contributed by atoms with van der Waals surface area (Å²) in [5.41, 5.74) is 0. The van der Waals surface area contributed by atoms with Gasteiger partial charge in [-0.05, 0) is 0 Å². The number of aromatic nitrogens is 2. The van der Waals surface area contributed by atoms with E-state index in [2.05, 4.69) is 9.68 Å². The Balaban J connectivity index is 1.75. The van der Waals surface area contributed by atoms with Gasteiger partial charge in [-0.15, -0.1) is 9.46 Å². The average molecular weight is 328 g/mol. The van der Waals surface area contributed by atoms with Crippen molar-refractivity contribution in [2.75, 3.05) is 13.2 Å². The third-order valence-electron chi connectivity index (χ3n) is 2.38. The topological polar surface area (TPSA) is 153 Å². The van der Waals surface area contributed by atoms with Gasteiger partial charge in [0.05, 0.1) is 6.20 Å². The summed E-state index contributed by atoms with van der Waals surface area (Å²) in [7, 11) is 0. The van der Waals surface area contributed by atoms with E-state index < -0.39 is 42.8 Å². The van der Waals surface area contributed by atoms with E-state index in [0.717, 1.165) is 24.4 Å². The second-order valence-corrected chi connectivity index (χ2v) is 4.15. The molecule has 0 fully saturated rings. The number of nitrogens with zero attached hydrogens (tertiary/aromatic N) is 2. The number of rotatable bonds is 6. The van der Waals surface area contributed by atoms with Gasteiger partial charge < -0.3 is 34.8 Å². The van der Waals surface area contributed by atoms with Crippen LogP contribution in [0.1, 0.15) is 0 Å². The lowest BCUT2D eigenvalue weighted by molar-refractivity contribution is -0.157. The van der Waals surface area contributed by atoms with Gasteiger partial charge in [-0.1, -0.05) is 0 Å². The first kappa shape index (κ1) is 16.0. The Morgan fingerprint density at radius 3 is 2.00 bits per heavy atom. The van der Waals surface area contributed by atoms with Gasteiger partial charge in [-0.25, -0.2) is 9.59 Å². The molecule has 0 amide bonds. The maximum atomic E-state index is 11.4. The van der Waals surface area contributed by atoms with E-state index in [4.69, 9.17) is 9.84 Å². The van der Waals surface area contributed by atoms with Gasteiger partial charge in [0.15, 0.2) is 0 Å². The maximum Gasteiger partial charge on any atom is 0.358 e. The summed E-state index contributed by atoms with van der Waals surface area (Å²) in [5, 5.41) is 36.8. The van der Waals surface area contributed by atoms with Crippen LogP contribution in [0.4, 0.5) is 0 Å². The van der Waals surface area contributed by atoms with Crippen molar-refractivity contribution in [3.8, 4) is 23.4 Å². The fourth-order valence-electron chi connectivity index (χ4n) is 1.47. The van der Waals surface area contributed by atoms with Crippen molar-refractivity contribution < 1.29 is 44.4 Å². The normalized spacial score (nSPS) is 10.4. The van der Waals surface area contributed by atoms with Crippen LogP contribution in [0.2, 0.25) is 0 Å². The maximum absolute atomic E-state index is 11.4. The van der Waals surface area contributed by atoms with Crippen LogP contribution in [0.5, 0.6) is 23.4 Å². The van der Waals surface area contributed by atoms with Crippen LogP contribution in [0.25, 0.3) is 0 Å². The molecule has 2 aromatic heterocycles. The van der Waals surface area contributed by atoms with Gasteiger partial charge in [-0.2, -0.15) is 0 Å². The summed E-state index contributed by atoms with van der Waals surface area (Å²) < 4.78 is 5.79. The van der Waals surface area contributed by atoms with Crippen molar-refractivity contribution in [2.24, 2.45) is 0 Å². The molecular formula is C12H12N2O9. The fraction of sp³-hybridized carbons (Fsp3) is 0.167. The number of carbonyl (C=O) groups is 2. The number of ether oxygens (including phenoxy) is 1. The minimum absolute atomic E-state index is 0.314. The number of hydrogen-bond acceptors (Lipinski definition) is 9. The summed E-state index contributed by atoms with van der Waals surface area (Å²) in [6.45, 7) is -1.33. The van der Waals surface area contributed by atoms with Gasteiger partial charge in [0, 0.05) is 18.2 Å². The highest BCUT2D eigenvalue weighted by Gasteiger charge is 2.14. The van der Waals surface area contributed by atoms with E-state index in [9.17, 15) is 24.9 Å². The zero-order valence-corrected chi connectivity index (χ0v) is 11.4. The van der Waals surface area contributed by atoms with Crippen LogP contribution in [0.15, 0.2) is 24.4 Å². The lowest BCUT2D eigenvalue weighted by Gasteiger charge is -2.08. The standard InChI is InChI=1S/C12H12N2O9/c15-7-3-10(18)13(4-7)22-11(19)5-21-6-12(20)23-14-8(16)1-2-9(14)17/h1-4,15-18H,5-6H2. The van der Waals surface area contributed by atoms with Gasteiger partial charge in [0.25, 0.3) is 0 Å². The highest BCUT2D eigenvalue weighted by molar-refractivity contribution is 5.73. The van der Waals surface area contributed by atoms with E-state index in [-0.39, 0.29) is 5.75 Å². The molecule has 0 atom stereocenters. The minimum Gasteiger partial charge on any atom is -0.506 e. The first-order valence-electron chi connectivity index (χ1n) is 6.07. The molecule has 0 aliphatic heterocycles. The number of aromatic hydroxyl groups is 4. The highest BCUT2D eigenvalue weighted by atomic mass is 16.7. The molecule has 2 heterocycles. The first-order valence-corrected chi connectivity index (χ1v) is 6.07. The molecule has 4 N–H and O–H groups in total. The van der Waals surface area contributed by atoms with Crippen LogP contribution >= 0.6 is 0 Å². The van der Waals surface area contributed by atoms with Crippen molar-refractivity contribution in [3.05, 3.63) is 24.4 Å². The summed E-state index contributed by atoms with van der Waals surface area (Å²) >= 11 is 0. The molecule has 23 heavy (non-hydrogen) atoms. The van der Waals surface area contributed by atoms with Crippen LogP contribution in [-0.4, -0.2) is 55.0 Å². The molecule has 2 aromatic rings. The molecule has 0 aliphatic carbocycles. The Hall–Kier alpha value is -3.34. The van der Waals surface area contributed by atoms with Crippen molar-refractivity contribution in [3.63, 3.8) is 0 Å². The monoisotopic (exact) mass is 328 g/mol. The van der Waals surface area contributed by atoms with E-state index in [0.29, 0.717) is 9.46 Å². The Morgan fingerprint density at radius 1 is 0.913 bits per heavy atom. The van der Waals surface area contributed by atoms with Gasteiger partial charge in [-0.3, -0.25) is 0 Å². The van der Waals surface area contributed by atoms with E-state index in [1.807, 2.05) is 0 Å². The van der Waals surface area contributed by atoms with E-state index in [1.165, 1.54) is 0 Å². The van der Waals surface area contributed by atoms with Gasteiger partial charge >= 0.3 is 11.9 Å². The van der Waals surface area contributed by atoms with Crippen LogP contribution < -0.4 is 9.68 Å². The van der Waals surface area contributed by atoms with Crippen molar-refractivity contribution in [2.45, 2.75) is 0 Å². The molecule has 0 saturated heterocycles. The van der Waals surface area contributed by atoms with E-state index >= 15 is 0 Å². The first-order chi connectivity index (χ1) is 10.9. The zero-order chi connectivity index (χ0) is 17.0. The Kier molecular flexibility index (Phi) is 4.61.